The van der Waals surface area contributed by atoms with Crippen molar-refractivity contribution in [3.63, 3.8) is 0 Å². The van der Waals surface area contributed by atoms with Crippen molar-refractivity contribution in [1.82, 2.24) is 15.3 Å². The largest absolute Gasteiger partial charge is 0.435 e. The summed E-state index contributed by atoms with van der Waals surface area (Å²) in [5.74, 6) is 0.593. The van der Waals surface area contributed by atoms with Gasteiger partial charge in [-0.05, 0) is 37.8 Å². The van der Waals surface area contributed by atoms with Crippen LogP contribution in [-0.4, -0.2) is 28.7 Å². The highest BCUT2D eigenvalue weighted by molar-refractivity contribution is 7.98. The van der Waals surface area contributed by atoms with E-state index < -0.39 is 12.7 Å². The summed E-state index contributed by atoms with van der Waals surface area (Å²) in [4.78, 5) is 21.7. The van der Waals surface area contributed by atoms with E-state index in [-0.39, 0.29) is 17.6 Å². The number of alkyl halides is 2. The van der Waals surface area contributed by atoms with Crippen molar-refractivity contribution in [2.45, 2.75) is 51.3 Å². The summed E-state index contributed by atoms with van der Waals surface area (Å²) in [6, 6.07) is 5.87. The molecule has 1 heterocycles. The number of carbonyl (C=O) groups excluding carboxylic acids is 1. The second-order valence-corrected chi connectivity index (χ2v) is 7.15. The van der Waals surface area contributed by atoms with Gasteiger partial charge in [-0.2, -0.15) is 8.78 Å². The maximum atomic E-state index is 12.8. The Bertz CT molecular complexity index is 816. The van der Waals surface area contributed by atoms with Gasteiger partial charge in [-0.25, -0.2) is 9.97 Å². The Hall–Kier alpha value is -2.22. The molecule has 0 radical (unpaired) electrons. The fourth-order valence-electron chi connectivity index (χ4n) is 2.55. The lowest BCUT2D eigenvalue weighted by Crippen LogP contribution is -2.28. The molecule has 146 valence electrons. The van der Waals surface area contributed by atoms with Crippen molar-refractivity contribution >= 4 is 17.7 Å². The highest BCUT2D eigenvalue weighted by atomic mass is 32.2. The second kappa shape index (κ2) is 9.12. The number of rotatable bonds is 7. The maximum absolute atomic E-state index is 12.8. The van der Waals surface area contributed by atoms with Crippen LogP contribution < -0.4 is 10.1 Å². The molecule has 1 atom stereocenters. The van der Waals surface area contributed by atoms with E-state index in [0.29, 0.717) is 27.7 Å². The molecule has 0 saturated heterocycles. The van der Waals surface area contributed by atoms with Gasteiger partial charge in [-0.1, -0.05) is 26.0 Å². The van der Waals surface area contributed by atoms with E-state index in [4.69, 9.17) is 0 Å². The topological polar surface area (TPSA) is 64.1 Å². The van der Waals surface area contributed by atoms with Crippen LogP contribution in [0.2, 0.25) is 0 Å². The zero-order valence-corrected chi connectivity index (χ0v) is 16.7. The van der Waals surface area contributed by atoms with Crippen molar-refractivity contribution < 1.29 is 18.3 Å². The minimum Gasteiger partial charge on any atom is -0.435 e. The van der Waals surface area contributed by atoms with E-state index in [0.717, 1.165) is 0 Å². The SMILES string of the molecule is CSc1nc(C(C)C)nc(C)c1C(=O)NC(C)c1cccc(OC(F)F)c1. The molecule has 0 spiro atoms. The molecule has 8 heteroatoms. The third kappa shape index (κ3) is 5.38. The number of halogens is 2. The normalized spacial score (nSPS) is 12.3. The van der Waals surface area contributed by atoms with Gasteiger partial charge in [0.15, 0.2) is 0 Å². The molecule has 0 aliphatic carbocycles. The summed E-state index contributed by atoms with van der Waals surface area (Å²) in [6.45, 7) is 4.65. The quantitative estimate of drug-likeness (QED) is 0.543. The Morgan fingerprint density at radius 1 is 1.22 bits per heavy atom. The lowest BCUT2D eigenvalue weighted by atomic mass is 10.1. The van der Waals surface area contributed by atoms with Crippen LogP contribution in [0.3, 0.4) is 0 Å². The highest BCUT2D eigenvalue weighted by Gasteiger charge is 2.21. The molecule has 0 aliphatic rings. The van der Waals surface area contributed by atoms with Gasteiger partial charge in [0, 0.05) is 5.92 Å². The number of nitrogens with one attached hydrogen (secondary N) is 1. The molecule has 1 N–H and O–H groups in total. The Balaban J connectivity index is 2.24. The van der Waals surface area contributed by atoms with Crippen molar-refractivity contribution in [3.8, 4) is 5.75 Å². The summed E-state index contributed by atoms with van der Waals surface area (Å²) >= 11 is 1.39. The number of thioether (sulfide) groups is 1. The number of aryl methyl sites for hydroxylation is 1. The standard InChI is InChI=1S/C19H23F2N3O2S/c1-10(2)16-22-12(4)15(18(24-16)27-5)17(25)23-11(3)13-7-6-8-14(9-13)26-19(20)21/h6-11,19H,1-5H3,(H,23,25). The summed E-state index contributed by atoms with van der Waals surface area (Å²) in [7, 11) is 0. The molecule has 5 nitrogen and oxygen atoms in total. The van der Waals surface area contributed by atoms with Gasteiger partial charge >= 0.3 is 6.61 Å². The van der Waals surface area contributed by atoms with E-state index in [1.807, 2.05) is 20.1 Å². The van der Waals surface area contributed by atoms with Crippen molar-refractivity contribution in [2.75, 3.05) is 6.26 Å². The lowest BCUT2D eigenvalue weighted by molar-refractivity contribution is -0.0499. The Labute approximate surface area is 161 Å². The van der Waals surface area contributed by atoms with Gasteiger partial charge in [-0.3, -0.25) is 4.79 Å². The van der Waals surface area contributed by atoms with Gasteiger partial charge in [-0.15, -0.1) is 11.8 Å². The molecule has 1 unspecified atom stereocenters. The highest BCUT2D eigenvalue weighted by Crippen LogP contribution is 2.25. The third-order valence-corrected chi connectivity index (χ3v) is 4.62. The van der Waals surface area contributed by atoms with Gasteiger partial charge in [0.25, 0.3) is 5.91 Å². The first-order chi connectivity index (χ1) is 12.7. The summed E-state index contributed by atoms with van der Waals surface area (Å²) < 4.78 is 29.2. The zero-order chi connectivity index (χ0) is 20.1. The van der Waals surface area contributed by atoms with E-state index in [9.17, 15) is 13.6 Å². The minimum absolute atomic E-state index is 0.0502. The van der Waals surface area contributed by atoms with Gasteiger partial charge in [0.2, 0.25) is 0 Å². The van der Waals surface area contributed by atoms with Crippen molar-refractivity contribution in [3.05, 3.63) is 46.9 Å². The van der Waals surface area contributed by atoms with Gasteiger partial charge in [0.05, 0.1) is 17.3 Å². The Kier molecular flexibility index (Phi) is 7.12. The van der Waals surface area contributed by atoms with Gasteiger partial charge in [0.1, 0.15) is 16.6 Å². The predicted molar refractivity (Wildman–Crippen MR) is 102 cm³/mol. The molecule has 2 aromatic rings. The van der Waals surface area contributed by atoms with Gasteiger partial charge < -0.3 is 10.1 Å². The lowest BCUT2D eigenvalue weighted by Gasteiger charge is -2.18. The maximum Gasteiger partial charge on any atom is 0.387 e. The van der Waals surface area contributed by atoms with Crippen molar-refractivity contribution in [1.29, 1.82) is 0 Å². The third-order valence-electron chi connectivity index (χ3n) is 3.94. The van der Waals surface area contributed by atoms with Crippen LogP contribution in [0.4, 0.5) is 8.78 Å². The second-order valence-electron chi connectivity index (χ2n) is 6.35. The molecule has 27 heavy (non-hydrogen) atoms. The molecule has 1 aromatic heterocycles. The molecular formula is C19H23F2N3O2S. The molecule has 1 amide bonds. The van der Waals surface area contributed by atoms with E-state index in [1.54, 1.807) is 26.0 Å². The predicted octanol–water partition coefficient (Wildman–Crippen LogP) is 4.72. The number of ether oxygens (including phenoxy) is 1. The average molecular weight is 395 g/mol. The van der Waals surface area contributed by atoms with Crippen LogP contribution in [-0.2, 0) is 0 Å². The number of hydrogen-bond acceptors (Lipinski definition) is 5. The number of amides is 1. The first kappa shape index (κ1) is 21.1. The first-order valence-electron chi connectivity index (χ1n) is 8.51. The molecule has 1 aromatic carbocycles. The number of carbonyl (C=O) groups is 1. The smallest absolute Gasteiger partial charge is 0.387 e. The van der Waals surface area contributed by atoms with E-state index in [1.165, 1.54) is 23.9 Å². The zero-order valence-electron chi connectivity index (χ0n) is 15.9. The van der Waals surface area contributed by atoms with Crippen LogP contribution in [0.15, 0.2) is 29.3 Å². The average Bonchev–Trinajstić information content (AvgIpc) is 2.60. The summed E-state index contributed by atoms with van der Waals surface area (Å²) in [5.41, 5.74) is 1.70. The fraction of sp³-hybridized carbons (Fsp3) is 0.421. The summed E-state index contributed by atoms with van der Waals surface area (Å²) in [6.07, 6.45) is 1.86. The van der Waals surface area contributed by atoms with E-state index >= 15 is 0 Å². The van der Waals surface area contributed by atoms with Crippen LogP contribution in [0.5, 0.6) is 5.75 Å². The monoisotopic (exact) mass is 395 g/mol. The molecule has 0 saturated carbocycles. The van der Waals surface area contributed by atoms with E-state index in [2.05, 4.69) is 20.0 Å². The molecule has 0 fully saturated rings. The van der Waals surface area contributed by atoms with Crippen LogP contribution >= 0.6 is 11.8 Å². The first-order valence-corrected chi connectivity index (χ1v) is 9.73. The van der Waals surface area contributed by atoms with Crippen LogP contribution in [0.25, 0.3) is 0 Å². The molecular weight excluding hydrogens is 372 g/mol. The number of aromatic nitrogens is 2. The van der Waals surface area contributed by atoms with Crippen LogP contribution in [0, 0.1) is 6.92 Å². The number of nitrogens with zero attached hydrogens (tertiary/aromatic N) is 2. The van der Waals surface area contributed by atoms with Crippen molar-refractivity contribution in [2.24, 2.45) is 0 Å². The van der Waals surface area contributed by atoms with Crippen LogP contribution in [0.1, 0.15) is 60.2 Å². The minimum atomic E-state index is -2.89. The molecule has 2 rings (SSSR count). The molecule has 0 aliphatic heterocycles. The summed E-state index contributed by atoms with van der Waals surface area (Å²) in [5, 5.41) is 3.50. The fourth-order valence-corrected chi connectivity index (χ4v) is 3.18. The number of hydrogen-bond donors (Lipinski definition) is 1. The Morgan fingerprint density at radius 3 is 2.52 bits per heavy atom. The molecule has 0 bridgehead atoms. The Morgan fingerprint density at radius 2 is 1.93 bits per heavy atom. The number of benzene rings is 1.